The third-order valence-electron chi connectivity index (χ3n) is 3.76. The van der Waals surface area contributed by atoms with E-state index in [1.165, 1.54) is 6.07 Å². The summed E-state index contributed by atoms with van der Waals surface area (Å²) in [7, 11) is 2.06. The van der Waals surface area contributed by atoms with Crippen molar-refractivity contribution >= 4 is 5.82 Å². The van der Waals surface area contributed by atoms with Crippen molar-refractivity contribution < 1.29 is 13.2 Å². The number of piperazine rings is 1. The smallest absolute Gasteiger partial charge is 0.354 e. The summed E-state index contributed by atoms with van der Waals surface area (Å²) in [6.45, 7) is 5.76. The van der Waals surface area contributed by atoms with E-state index in [9.17, 15) is 13.2 Å². The molecule has 1 fully saturated rings. The Morgan fingerprint density at radius 1 is 1.16 bits per heavy atom. The van der Waals surface area contributed by atoms with Crippen LogP contribution in [0.25, 0.3) is 0 Å². The zero-order valence-electron chi connectivity index (χ0n) is 11.3. The molecule has 106 valence electrons. The predicted molar refractivity (Wildman–Crippen MR) is 68.1 cm³/mol. The number of pyridine rings is 1. The number of alkyl halides is 3. The molecule has 6 heteroatoms. The van der Waals surface area contributed by atoms with E-state index in [4.69, 9.17) is 0 Å². The summed E-state index contributed by atoms with van der Waals surface area (Å²) in [5.41, 5.74) is -0.702. The molecule has 1 saturated heterocycles. The topological polar surface area (TPSA) is 19.4 Å². The SMILES string of the molecule is CC1CN(c2ccc(C(F)(F)F)cn2)CC(C)N1C. The molecular formula is C13H18F3N3. The summed E-state index contributed by atoms with van der Waals surface area (Å²) in [4.78, 5) is 8.25. The second-order valence-electron chi connectivity index (χ2n) is 5.17. The van der Waals surface area contributed by atoms with Gasteiger partial charge in [0.15, 0.2) is 0 Å². The van der Waals surface area contributed by atoms with Crippen molar-refractivity contribution in [2.24, 2.45) is 0 Å². The highest BCUT2D eigenvalue weighted by Crippen LogP contribution is 2.29. The molecule has 0 spiro atoms. The summed E-state index contributed by atoms with van der Waals surface area (Å²) in [5, 5.41) is 0. The minimum absolute atomic E-state index is 0.354. The fourth-order valence-electron chi connectivity index (χ4n) is 2.33. The van der Waals surface area contributed by atoms with Crippen LogP contribution < -0.4 is 4.90 Å². The number of nitrogens with zero attached hydrogens (tertiary/aromatic N) is 3. The highest BCUT2D eigenvalue weighted by atomic mass is 19.4. The minimum atomic E-state index is -4.33. The largest absolute Gasteiger partial charge is 0.417 e. The highest BCUT2D eigenvalue weighted by Gasteiger charge is 2.32. The van der Waals surface area contributed by atoms with Crippen molar-refractivity contribution in [1.29, 1.82) is 0 Å². The van der Waals surface area contributed by atoms with Gasteiger partial charge in [0.25, 0.3) is 0 Å². The van der Waals surface area contributed by atoms with E-state index in [0.717, 1.165) is 25.4 Å². The Kier molecular flexibility index (Phi) is 3.71. The van der Waals surface area contributed by atoms with Crippen molar-refractivity contribution in [1.82, 2.24) is 9.88 Å². The Morgan fingerprint density at radius 3 is 2.16 bits per heavy atom. The predicted octanol–water partition coefficient (Wildman–Crippen LogP) is 2.63. The van der Waals surface area contributed by atoms with E-state index in [1.54, 1.807) is 0 Å². The van der Waals surface area contributed by atoms with Crippen molar-refractivity contribution in [3.05, 3.63) is 23.9 Å². The lowest BCUT2D eigenvalue weighted by atomic mass is 10.1. The average Bonchev–Trinajstić information content (AvgIpc) is 2.34. The molecule has 3 nitrogen and oxygen atoms in total. The molecule has 2 heterocycles. The Labute approximate surface area is 111 Å². The molecule has 0 saturated carbocycles. The first-order valence-electron chi connectivity index (χ1n) is 6.29. The zero-order valence-corrected chi connectivity index (χ0v) is 11.3. The average molecular weight is 273 g/mol. The van der Waals surface area contributed by atoms with Crippen LogP contribution in [-0.2, 0) is 6.18 Å². The quantitative estimate of drug-likeness (QED) is 0.784. The molecule has 0 aromatic carbocycles. The molecule has 0 amide bonds. The number of anilines is 1. The van der Waals surface area contributed by atoms with Crippen molar-refractivity contribution in [3.8, 4) is 0 Å². The first-order valence-corrected chi connectivity index (χ1v) is 6.29. The maximum absolute atomic E-state index is 12.5. The molecule has 2 rings (SSSR count). The van der Waals surface area contributed by atoms with Gasteiger partial charge in [-0.2, -0.15) is 13.2 Å². The molecule has 1 aromatic rings. The second kappa shape index (κ2) is 5.00. The van der Waals surface area contributed by atoms with Crippen LogP contribution in [0.4, 0.5) is 19.0 Å². The van der Waals surface area contributed by atoms with E-state index in [0.29, 0.717) is 17.9 Å². The first-order chi connectivity index (χ1) is 8.79. The van der Waals surface area contributed by atoms with E-state index >= 15 is 0 Å². The van der Waals surface area contributed by atoms with Gasteiger partial charge in [0.2, 0.25) is 0 Å². The van der Waals surface area contributed by atoms with Crippen LogP contribution in [0, 0.1) is 0 Å². The molecule has 1 aliphatic rings. The fourth-order valence-corrected chi connectivity index (χ4v) is 2.33. The number of hydrogen-bond acceptors (Lipinski definition) is 3. The lowest BCUT2D eigenvalue weighted by Gasteiger charge is -2.43. The summed E-state index contributed by atoms with van der Waals surface area (Å²) < 4.78 is 37.4. The van der Waals surface area contributed by atoms with Crippen molar-refractivity contribution in [2.45, 2.75) is 32.1 Å². The van der Waals surface area contributed by atoms with Crippen LogP contribution in [0.3, 0.4) is 0 Å². The summed E-state index contributed by atoms with van der Waals surface area (Å²) in [6, 6.07) is 3.25. The molecule has 0 N–H and O–H groups in total. The molecule has 1 aliphatic heterocycles. The molecule has 2 unspecified atom stereocenters. The van der Waals surface area contributed by atoms with Crippen LogP contribution in [0.2, 0.25) is 0 Å². The maximum atomic E-state index is 12.5. The minimum Gasteiger partial charge on any atom is -0.354 e. The van der Waals surface area contributed by atoms with Gasteiger partial charge in [-0.15, -0.1) is 0 Å². The molecule has 19 heavy (non-hydrogen) atoms. The second-order valence-corrected chi connectivity index (χ2v) is 5.17. The first kappa shape index (κ1) is 14.1. The normalized spacial score (nSPS) is 25.7. The Hall–Kier alpha value is -1.30. The molecule has 1 aromatic heterocycles. The number of likely N-dealkylation sites (N-methyl/N-ethyl adjacent to an activating group) is 1. The summed E-state index contributed by atoms with van der Waals surface area (Å²) >= 11 is 0. The maximum Gasteiger partial charge on any atom is 0.417 e. The lowest BCUT2D eigenvalue weighted by molar-refractivity contribution is -0.137. The molecular weight excluding hydrogens is 255 g/mol. The van der Waals surface area contributed by atoms with Gasteiger partial charge >= 0.3 is 6.18 Å². The van der Waals surface area contributed by atoms with E-state index in [2.05, 4.69) is 30.8 Å². The number of rotatable bonds is 1. The highest BCUT2D eigenvalue weighted by molar-refractivity contribution is 5.41. The Bertz CT molecular complexity index is 418. The molecule has 0 radical (unpaired) electrons. The van der Waals surface area contributed by atoms with Crippen LogP contribution in [0.15, 0.2) is 18.3 Å². The molecule has 2 atom stereocenters. The van der Waals surface area contributed by atoms with Gasteiger partial charge in [0.05, 0.1) is 5.56 Å². The fraction of sp³-hybridized carbons (Fsp3) is 0.615. The molecule has 0 bridgehead atoms. The standard InChI is InChI=1S/C13H18F3N3/c1-9-7-19(8-10(2)18(9)3)12-5-4-11(6-17-12)13(14,15)16/h4-6,9-10H,7-8H2,1-3H3. The monoisotopic (exact) mass is 273 g/mol. The van der Waals surface area contributed by atoms with Gasteiger partial charge in [-0.05, 0) is 33.0 Å². The van der Waals surface area contributed by atoms with Crippen LogP contribution in [0.5, 0.6) is 0 Å². The van der Waals surface area contributed by atoms with Crippen LogP contribution >= 0.6 is 0 Å². The van der Waals surface area contributed by atoms with E-state index in [1.807, 2.05) is 4.90 Å². The van der Waals surface area contributed by atoms with Crippen molar-refractivity contribution in [2.75, 3.05) is 25.0 Å². The van der Waals surface area contributed by atoms with Gasteiger partial charge in [-0.3, -0.25) is 4.90 Å². The van der Waals surface area contributed by atoms with Gasteiger partial charge in [-0.1, -0.05) is 0 Å². The third kappa shape index (κ3) is 3.00. The Morgan fingerprint density at radius 2 is 1.74 bits per heavy atom. The number of halogens is 3. The van der Waals surface area contributed by atoms with E-state index in [-0.39, 0.29) is 0 Å². The molecule has 0 aliphatic carbocycles. The van der Waals surface area contributed by atoms with Gasteiger partial charge in [-0.25, -0.2) is 4.98 Å². The summed E-state index contributed by atoms with van der Waals surface area (Å²) in [6.07, 6.45) is -3.42. The third-order valence-corrected chi connectivity index (χ3v) is 3.76. The van der Waals surface area contributed by atoms with E-state index < -0.39 is 11.7 Å². The Balaban J connectivity index is 2.15. The summed E-state index contributed by atoms with van der Waals surface area (Å²) in [5.74, 6) is 0.611. The zero-order chi connectivity index (χ0) is 14.2. The van der Waals surface area contributed by atoms with Gasteiger partial charge in [0.1, 0.15) is 5.82 Å². The van der Waals surface area contributed by atoms with Gasteiger partial charge in [0, 0.05) is 31.4 Å². The van der Waals surface area contributed by atoms with Crippen LogP contribution in [-0.4, -0.2) is 42.1 Å². The van der Waals surface area contributed by atoms with Crippen molar-refractivity contribution in [3.63, 3.8) is 0 Å². The lowest BCUT2D eigenvalue weighted by Crippen LogP contribution is -2.55. The van der Waals surface area contributed by atoms with Crippen LogP contribution in [0.1, 0.15) is 19.4 Å². The number of aromatic nitrogens is 1. The van der Waals surface area contributed by atoms with Gasteiger partial charge < -0.3 is 4.90 Å². The number of hydrogen-bond donors (Lipinski definition) is 0.